The van der Waals surface area contributed by atoms with E-state index in [1.807, 2.05) is 0 Å². The Morgan fingerprint density at radius 1 is 1.16 bits per heavy atom. The molecule has 1 aromatic carbocycles. The van der Waals surface area contributed by atoms with Crippen LogP contribution >= 0.6 is 0 Å². The maximum atomic E-state index is 11.1. The molecule has 0 aliphatic carbocycles. The highest BCUT2D eigenvalue weighted by Crippen LogP contribution is 2.27. The third kappa shape index (κ3) is 2.67. The molecule has 0 aliphatic rings. The van der Waals surface area contributed by atoms with E-state index in [-0.39, 0.29) is 17.3 Å². The van der Waals surface area contributed by atoms with Crippen molar-refractivity contribution in [2.24, 2.45) is 0 Å². The SMILES string of the molecule is Cc1cccc(C(=O)O)c1Oc1nnc(C)c(C)n1. The molecule has 0 fully saturated rings. The number of carboxylic acid groups (broad SMARTS) is 1. The first-order valence-electron chi connectivity index (χ1n) is 5.67. The number of hydrogen-bond donors (Lipinski definition) is 1. The second kappa shape index (κ2) is 5.01. The van der Waals surface area contributed by atoms with Gasteiger partial charge in [-0.05, 0) is 32.4 Å². The Morgan fingerprint density at radius 2 is 1.89 bits per heavy atom. The van der Waals surface area contributed by atoms with E-state index in [1.165, 1.54) is 6.07 Å². The summed E-state index contributed by atoms with van der Waals surface area (Å²) in [6.45, 7) is 5.33. The summed E-state index contributed by atoms with van der Waals surface area (Å²) >= 11 is 0. The maximum absolute atomic E-state index is 11.1. The van der Waals surface area contributed by atoms with E-state index in [0.717, 1.165) is 0 Å². The lowest BCUT2D eigenvalue weighted by molar-refractivity contribution is 0.0694. The molecule has 1 heterocycles. The van der Waals surface area contributed by atoms with Gasteiger partial charge < -0.3 is 9.84 Å². The van der Waals surface area contributed by atoms with Gasteiger partial charge in [0.15, 0.2) is 0 Å². The second-order valence-electron chi connectivity index (χ2n) is 4.12. The van der Waals surface area contributed by atoms with Crippen LogP contribution in [0.5, 0.6) is 11.8 Å². The standard InChI is InChI=1S/C13H13N3O3/c1-7-5-4-6-10(12(17)18)11(7)19-13-14-8(2)9(3)15-16-13/h4-6H,1-3H3,(H,17,18). The average Bonchev–Trinajstić information content (AvgIpc) is 2.36. The monoisotopic (exact) mass is 259 g/mol. The molecule has 6 heteroatoms. The summed E-state index contributed by atoms with van der Waals surface area (Å²) in [5, 5.41) is 16.8. The second-order valence-corrected chi connectivity index (χ2v) is 4.12. The zero-order chi connectivity index (χ0) is 14.0. The Balaban J connectivity index is 2.42. The largest absolute Gasteiger partial charge is 0.478 e. The fourth-order valence-electron chi connectivity index (χ4n) is 1.53. The first-order valence-corrected chi connectivity index (χ1v) is 5.67. The number of aryl methyl sites for hydroxylation is 3. The summed E-state index contributed by atoms with van der Waals surface area (Å²) in [7, 11) is 0. The van der Waals surface area contributed by atoms with Crippen LogP contribution in [0, 0.1) is 20.8 Å². The highest BCUT2D eigenvalue weighted by Gasteiger charge is 2.15. The van der Waals surface area contributed by atoms with Crippen LogP contribution in [0.3, 0.4) is 0 Å². The van der Waals surface area contributed by atoms with Gasteiger partial charge in [0.25, 0.3) is 0 Å². The predicted molar refractivity (Wildman–Crippen MR) is 67.5 cm³/mol. The lowest BCUT2D eigenvalue weighted by atomic mass is 10.1. The van der Waals surface area contributed by atoms with Crippen LogP contribution in [0.4, 0.5) is 0 Å². The fourth-order valence-corrected chi connectivity index (χ4v) is 1.53. The lowest BCUT2D eigenvalue weighted by Gasteiger charge is -2.10. The maximum Gasteiger partial charge on any atom is 0.341 e. The minimum Gasteiger partial charge on any atom is -0.478 e. The summed E-state index contributed by atoms with van der Waals surface area (Å²) < 4.78 is 5.47. The van der Waals surface area contributed by atoms with Gasteiger partial charge in [-0.2, -0.15) is 4.98 Å². The van der Waals surface area contributed by atoms with Gasteiger partial charge in [-0.3, -0.25) is 0 Å². The van der Waals surface area contributed by atoms with Gasteiger partial charge in [-0.25, -0.2) is 4.79 Å². The summed E-state index contributed by atoms with van der Waals surface area (Å²) in [5.41, 5.74) is 2.16. The first kappa shape index (κ1) is 12.9. The highest BCUT2D eigenvalue weighted by atomic mass is 16.5. The normalized spacial score (nSPS) is 10.3. The van der Waals surface area contributed by atoms with Crippen molar-refractivity contribution in [1.82, 2.24) is 15.2 Å². The molecule has 2 rings (SSSR count). The number of para-hydroxylation sites is 1. The Hall–Kier alpha value is -2.50. The lowest BCUT2D eigenvalue weighted by Crippen LogP contribution is -2.05. The molecule has 0 amide bonds. The molecule has 0 atom stereocenters. The number of benzene rings is 1. The van der Waals surface area contributed by atoms with Crippen LogP contribution in [0.2, 0.25) is 0 Å². The number of aromatic carboxylic acids is 1. The topological polar surface area (TPSA) is 85.2 Å². The molecule has 6 nitrogen and oxygen atoms in total. The van der Waals surface area contributed by atoms with Crippen molar-refractivity contribution in [3.63, 3.8) is 0 Å². The minimum absolute atomic E-state index is 0.0416. The molecule has 19 heavy (non-hydrogen) atoms. The van der Waals surface area contributed by atoms with Crippen molar-refractivity contribution in [3.05, 3.63) is 40.7 Å². The molecule has 1 N–H and O–H groups in total. The van der Waals surface area contributed by atoms with Crippen LogP contribution in [-0.4, -0.2) is 26.3 Å². The molecule has 2 aromatic rings. The molecule has 0 unspecified atom stereocenters. The summed E-state index contributed by atoms with van der Waals surface area (Å²) in [4.78, 5) is 15.3. The van der Waals surface area contributed by atoms with Gasteiger partial charge in [-0.15, -0.1) is 5.10 Å². The minimum atomic E-state index is -1.06. The number of ether oxygens (including phenoxy) is 1. The zero-order valence-corrected chi connectivity index (χ0v) is 10.8. The third-order valence-corrected chi connectivity index (χ3v) is 2.71. The molecule has 0 bridgehead atoms. The van der Waals surface area contributed by atoms with E-state index in [1.54, 1.807) is 32.9 Å². The summed E-state index contributed by atoms with van der Waals surface area (Å²) in [5.74, 6) is -0.824. The molecule has 1 aromatic heterocycles. The van der Waals surface area contributed by atoms with Crippen LogP contribution in [0.15, 0.2) is 18.2 Å². The van der Waals surface area contributed by atoms with Crippen LogP contribution < -0.4 is 4.74 Å². The van der Waals surface area contributed by atoms with E-state index >= 15 is 0 Å². The molecule has 0 radical (unpaired) electrons. The number of hydrogen-bond acceptors (Lipinski definition) is 5. The van der Waals surface area contributed by atoms with Crippen molar-refractivity contribution in [2.75, 3.05) is 0 Å². The van der Waals surface area contributed by atoms with E-state index in [4.69, 9.17) is 9.84 Å². The Labute approximate surface area is 110 Å². The van der Waals surface area contributed by atoms with Crippen LogP contribution in [0.1, 0.15) is 27.3 Å². The summed E-state index contributed by atoms with van der Waals surface area (Å²) in [6, 6.07) is 4.93. The van der Waals surface area contributed by atoms with Gasteiger partial charge in [0, 0.05) is 0 Å². The van der Waals surface area contributed by atoms with Gasteiger partial charge in [0.05, 0.1) is 11.4 Å². The number of nitrogens with zero attached hydrogens (tertiary/aromatic N) is 3. The highest BCUT2D eigenvalue weighted by molar-refractivity contribution is 5.91. The Morgan fingerprint density at radius 3 is 2.53 bits per heavy atom. The number of rotatable bonds is 3. The molecular formula is C13H13N3O3. The number of carboxylic acids is 1. The Bertz CT molecular complexity index is 641. The fraction of sp³-hybridized carbons (Fsp3) is 0.231. The smallest absolute Gasteiger partial charge is 0.341 e. The molecule has 0 saturated carbocycles. The van der Waals surface area contributed by atoms with Crippen molar-refractivity contribution < 1.29 is 14.6 Å². The van der Waals surface area contributed by atoms with Crippen molar-refractivity contribution in [3.8, 4) is 11.8 Å². The third-order valence-electron chi connectivity index (χ3n) is 2.71. The Kier molecular flexibility index (Phi) is 3.41. The van der Waals surface area contributed by atoms with Gasteiger partial charge >= 0.3 is 12.0 Å². The van der Waals surface area contributed by atoms with Crippen LogP contribution in [-0.2, 0) is 0 Å². The van der Waals surface area contributed by atoms with Crippen molar-refractivity contribution in [2.45, 2.75) is 20.8 Å². The predicted octanol–water partition coefficient (Wildman–Crippen LogP) is 2.29. The van der Waals surface area contributed by atoms with Gasteiger partial charge in [0.2, 0.25) is 0 Å². The number of aromatic nitrogens is 3. The molecule has 0 spiro atoms. The molecule has 0 aliphatic heterocycles. The van der Waals surface area contributed by atoms with E-state index in [2.05, 4.69) is 15.2 Å². The number of carbonyl (C=O) groups is 1. The first-order chi connectivity index (χ1) is 8.99. The van der Waals surface area contributed by atoms with Crippen molar-refractivity contribution >= 4 is 5.97 Å². The zero-order valence-electron chi connectivity index (χ0n) is 10.8. The van der Waals surface area contributed by atoms with Gasteiger partial charge in [0.1, 0.15) is 11.3 Å². The van der Waals surface area contributed by atoms with E-state index < -0.39 is 5.97 Å². The molecule has 0 saturated heterocycles. The quantitative estimate of drug-likeness (QED) is 0.910. The van der Waals surface area contributed by atoms with Crippen LogP contribution in [0.25, 0.3) is 0 Å². The van der Waals surface area contributed by atoms with E-state index in [9.17, 15) is 4.79 Å². The van der Waals surface area contributed by atoms with Gasteiger partial charge in [-0.1, -0.05) is 17.2 Å². The molecule has 98 valence electrons. The summed E-state index contributed by atoms with van der Waals surface area (Å²) in [6.07, 6.45) is 0. The average molecular weight is 259 g/mol. The molecular weight excluding hydrogens is 246 g/mol. The van der Waals surface area contributed by atoms with E-state index in [0.29, 0.717) is 17.0 Å². The van der Waals surface area contributed by atoms with Crippen molar-refractivity contribution in [1.29, 1.82) is 0 Å².